The molecule has 0 bridgehead atoms. The molecule has 2 N–H and O–H groups in total. The van der Waals surface area contributed by atoms with Gasteiger partial charge in [0.25, 0.3) is 0 Å². The molecule has 0 unspecified atom stereocenters. The van der Waals surface area contributed by atoms with Gasteiger partial charge in [-0.25, -0.2) is 0 Å². The number of benzene rings is 1. The van der Waals surface area contributed by atoms with Crippen molar-refractivity contribution in [2.75, 3.05) is 6.54 Å². The molecular formula is C22H21N3S2. The number of nitrogens with zero attached hydrogens (tertiary/aromatic N) is 1. The molecule has 0 fully saturated rings. The van der Waals surface area contributed by atoms with Crippen LogP contribution >= 0.6 is 22.7 Å². The monoisotopic (exact) mass is 391 g/mol. The number of fused-ring (bicyclic) bond motifs is 2. The van der Waals surface area contributed by atoms with E-state index in [1.807, 2.05) is 0 Å². The van der Waals surface area contributed by atoms with Crippen LogP contribution in [0.3, 0.4) is 0 Å². The summed E-state index contributed by atoms with van der Waals surface area (Å²) in [6.07, 6.45) is 1.06. The number of nitrogens with one attached hydrogen (secondary N) is 2. The second-order valence-electron chi connectivity index (χ2n) is 6.93. The maximum atomic E-state index is 3.57. The predicted molar refractivity (Wildman–Crippen MR) is 117 cm³/mol. The van der Waals surface area contributed by atoms with E-state index in [1.165, 1.54) is 37.4 Å². The third-order valence-corrected chi connectivity index (χ3v) is 6.67. The van der Waals surface area contributed by atoms with Crippen LogP contribution in [0, 0.1) is 0 Å². The van der Waals surface area contributed by atoms with E-state index < -0.39 is 0 Å². The number of hydrogen-bond acceptors (Lipinski definition) is 3. The van der Waals surface area contributed by atoms with Crippen molar-refractivity contribution in [3.05, 3.63) is 82.3 Å². The molecule has 3 nitrogen and oxygen atoms in total. The van der Waals surface area contributed by atoms with Crippen molar-refractivity contribution in [3.8, 4) is 0 Å². The molecule has 4 heterocycles. The van der Waals surface area contributed by atoms with Gasteiger partial charge >= 0.3 is 0 Å². The second kappa shape index (κ2) is 7.35. The van der Waals surface area contributed by atoms with Crippen molar-refractivity contribution < 1.29 is 0 Å². The largest absolute Gasteiger partial charge is 0.357 e. The Morgan fingerprint density at radius 3 is 1.89 bits per heavy atom. The maximum absolute atomic E-state index is 3.57. The summed E-state index contributed by atoms with van der Waals surface area (Å²) in [5.41, 5.74) is 6.47. The summed E-state index contributed by atoms with van der Waals surface area (Å²) < 4.78 is 2.68. The van der Waals surface area contributed by atoms with Gasteiger partial charge in [-0.15, -0.1) is 22.7 Å². The number of rotatable bonds is 7. The van der Waals surface area contributed by atoms with Crippen molar-refractivity contribution in [2.45, 2.75) is 19.5 Å². The van der Waals surface area contributed by atoms with Gasteiger partial charge in [0.15, 0.2) is 0 Å². The zero-order valence-corrected chi connectivity index (χ0v) is 16.6. The van der Waals surface area contributed by atoms with E-state index in [0.717, 1.165) is 26.1 Å². The molecule has 0 spiro atoms. The number of H-pyrrole nitrogens is 2. The molecule has 4 aromatic heterocycles. The summed E-state index contributed by atoms with van der Waals surface area (Å²) in [6.45, 7) is 2.89. The lowest BCUT2D eigenvalue weighted by molar-refractivity contribution is 0.255. The smallest absolute Gasteiger partial charge is 0.0565 e. The zero-order valence-electron chi connectivity index (χ0n) is 14.9. The first kappa shape index (κ1) is 16.8. The zero-order chi connectivity index (χ0) is 18.1. The fraction of sp³-hybridized carbons (Fsp3) is 0.182. The fourth-order valence-corrected chi connectivity index (χ4v) is 5.22. The van der Waals surface area contributed by atoms with Gasteiger partial charge in [-0.1, -0.05) is 30.3 Å². The summed E-state index contributed by atoms with van der Waals surface area (Å²) in [7, 11) is 0. The van der Waals surface area contributed by atoms with Gasteiger partial charge in [-0.3, -0.25) is 4.90 Å². The third kappa shape index (κ3) is 3.72. The van der Waals surface area contributed by atoms with E-state index in [-0.39, 0.29) is 0 Å². The summed E-state index contributed by atoms with van der Waals surface area (Å²) in [5, 5.41) is 4.29. The Kier molecular flexibility index (Phi) is 4.57. The first-order valence-electron chi connectivity index (χ1n) is 9.20. The topological polar surface area (TPSA) is 34.8 Å². The van der Waals surface area contributed by atoms with Crippen molar-refractivity contribution in [1.29, 1.82) is 0 Å². The molecule has 0 radical (unpaired) electrons. The Bertz CT molecular complexity index is 1020. The second-order valence-corrected chi connectivity index (χ2v) is 8.83. The Hall–Kier alpha value is -2.34. The van der Waals surface area contributed by atoms with Gasteiger partial charge < -0.3 is 9.97 Å². The third-order valence-electron chi connectivity index (χ3n) is 4.94. The Labute approximate surface area is 166 Å². The van der Waals surface area contributed by atoms with Crippen molar-refractivity contribution in [3.63, 3.8) is 0 Å². The summed E-state index contributed by atoms with van der Waals surface area (Å²) >= 11 is 3.60. The molecule has 5 aromatic rings. The molecule has 5 heteroatoms. The number of aromatic nitrogens is 2. The minimum atomic E-state index is 0.931. The lowest BCUT2D eigenvalue weighted by Crippen LogP contribution is -2.25. The van der Waals surface area contributed by atoms with E-state index >= 15 is 0 Å². The number of aromatic amines is 2. The van der Waals surface area contributed by atoms with Crippen LogP contribution in [0.15, 0.2) is 65.4 Å². The standard InChI is InChI=1S/C22H21N3S2/c1-2-4-16(5-3-1)6-9-25(14-17-12-21-19(23-17)7-10-26-21)15-18-13-22-20(24-18)8-11-27-22/h1-5,7-8,10-13,23-24H,6,9,14-15H2. The molecule has 136 valence electrons. The van der Waals surface area contributed by atoms with Crippen LogP contribution < -0.4 is 0 Å². The maximum Gasteiger partial charge on any atom is 0.0565 e. The van der Waals surface area contributed by atoms with Gasteiger partial charge in [0.05, 0.1) is 20.4 Å². The minimum absolute atomic E-state index is 0.931. The van der Waals surface area contributed by atoms with E-state index in [1.54, 1.807) is 22.7 Å². The normalized spacial score (nSPS) is 11.9. The highest BCUT2D eigenvalue weighted by atomic mass is 32.1. The average Bonchev–Trinajstić information content (AvgIpc) is 3.41. The highest BCUT2D eigenvalue weighted by Crippen LogP contribution is 2.24. The molecule has 0 saturated carbocycles. The van der Waals surface area contributed by atoms with E-state index in [2.05, 4.69) is 80.2 Å². The van der Waals surface area contributed by atoms with Crippen LogP contribution in [0.25, 0.3) is 20.4 Å². The quantitative estimate of drug-likeness (QED) is 0.350. The highest BCUT2D eigenvalue weighted by Gasteiger charge is 2.12. The van der Waals surface area contributed by atoms with Crippen LogP contribution in [0.1, 0.15) is 17.0 Å². The minimum Gasteiger partial charge on any atom is -0.357 e. The Balaban J connectivity index is 1.35. The van der Waals surface area contributed by atoms with Crippen LogP contribution in [0.5, 0.6) is 0 Å². The summed E-state index contributed by atoms with van der Waals surface area (Å²) in [5.74, 6) is 0. The Morgan fingerprint density at radius 2 is 1.33 bits per heavy atom. The van der Waals surface area contributed by atoms with Gasteiger partial charge in [-0.2, -0.15) is 0 Å². The van der Waals surface area contributed by atoms with Crippen LogP contribution in [0.2, 0.25) is 0 Å². The average molecular weight is 392 g/mol. The van der Waals surface area contributed by atoms with Gasteiger partial charge in [0, 0.05) is 31.0 Å². The molecule has 27 heavy (non-hydrogen) atoms. The van der Waals surface area contributed by atoms with Crippen molar-refractivity contribution in [1.82, 2.24) is 14.9 Å². The van der Waals surface area contributed by atoms with E-state index in [0.29, 0.717) is 0 Å². The number of hydrogen-bond donors (Lipinski definition) is 2. The molecule has 0 aliphatic carbocycles. The first-order valence-corrected chi connectivity index (χ1v) is 11.0. The summed E-state index contributed by atoms with van der Waals surface area (Å²) in [6, 6.07) is 19.7. The number of thiophene rings is 2. The van der Waals surface area contributed by atoms with Crippen molar-refractivity contribution >= 4 is 43.1 Å². The van der Waals surface area contributed by atoms with Gasteiger partial charge in [0.2, 0.25) is 0 Å². The Morgan fingerprint density at radius 1 is 0.741 bits per heavy atom. The predicted octanol–water partition coefficient (Wildman–Crippen LogP) is 6.02. The molecule has 0 saturated heterocycles. The molecule has 1 aromatic carbocycles. The lowest BCUT2D eigenvalue weighted by Gasteiger charge is -2.21. The molecule has 5 rings (SSSR count). The van der Waals surface area contributed by atoms with Crippen molar-refractivity contribution in [2.24, 2.45) is 0 Å². The molecular weight excluding hydrogens is 370 g/mol. The molecule has 0 amide bonds. The molecule has 0 aliphatic rings. The molecule has 0 atom stereocenters. The fourth-order valence-electron chi connectivity index (χ4n) is 3.60. The van der Waals surface area contributed by atoms with E-state index in [9.17, 15) is 0 Å². The van der Waals surface area contributed by atoms with Gasteiger partial charge in [-0.05, 0) is 47.0 Å². The van der Waals surface area contributed by atoms with Crippen LogP contribution in [-0.4, -0.2) is 21.4 Å². The SMILES string of the molecule is c1ccc(CCN(Cc2cc3sccc3[nH]2)Cc2cc3sccc3[nH]2)cc1. The summed E-state index contributed by atoms with van der Waals surface area (Å²) in [4.78, 5) is 9.67. The first-order chi connectivity index (χ1) is 13.3. The van der Waals surface area contributed by atoms with Gasteiger partial charge in [0.1, 0.15) is 0 Å². The van der Waals surface area contributed by atoms with Crippen LogP contribution in [0.4, 0.5) is 0 Å². The molecule has 0 aliphatic heterocycles. The van der Waals surface area contributed by atoms with Crippen LogP contribution in [-0.2, 0) is 19.5 Å². The highest BCUT2D eigenvalue weighted by molar-refractivity contribution is 7.17. The van der Waals surface area contributed by atoms with E-state index in [4.69, 9.17) is 0 Å². The lowest BCUT2D eigenvalue weighted by atomic mass is 10.1.